The summed E-state index contributed by atoms with van der Waals surface area (Å²) in [5.74, 6) is 0.629. The lowest BCUT2D eigenvalue weighted by Gasteiger charge is -2.54. The zero-order valence-electron chi connectivity index (χ0n) is 13.5. The van der Waals surface area contributed by atoms with E-state index in [1.54, 1.807) is 4.90 Å². The highest BCUT2D eigenvalue weighted by molar-refractivity contribution is 6.07. The van der Waals surface area contributed by atoms with Gasteiger partial charge in [0.2, 0.25) is 11.8 Å². The molecule has 4 nitrogen and oxygen atoms in total. The standard InChI is InChI=1S/C19H24N2O2/c20-16-8-6-15(7-9-16)19-10-14(11-19)17(22)21(18(19)23)12-13-4-2-1-3-5-13/h6-9,13-14H,1-5,10-12,20H2. The molecular weight excluding hydrogens is 288 g/mol. The minimum Gasteiger partial charge on any atom is -0.399 e. The van der Waals surface area contributed by atoms with E-state index in [-0.39, 0.29) is 17.7 Å². The van der Waals surface area contributed by atoms with E-state index >= 15 is 0 Å². The maximum atomic E-state index is 13.1. The summed E-state index contributed by atoms with van der Waals surface area (Å²) in [6, 6.07) is 7.62. The van der Waals surface area contributed by atoms with Crippen LogP contribution in [0.15, 0.2) is 24.3 Å². The number of nitrogens with zero attached hydrogens (tertiary/aromatic N) is 1. The van der Waals surface area contributed by atoms with Crippen LogP contribution in [0.3, 0.4) is 0 Å². The van der Waals surface area contributed by atoms with Crippen LogP contribution in [0.2, 0.25) is 0 Å². The lowest BCUT2D eigenvalue weighted by atomic mass is 9.54. The second-order valence-corrected chi connectivity index (χ2v) is 7.57. The largest absolute Gasteiger partial charge is 0.399 e. The predicted molar refractivity (Wildman–Crippen MR) is 88.6 cm³/mol. The number of nitrogen functional groups attached to an aromatic ring is 1. The second kappa shape index (κ2) is 5.36. The molecule has 2 heterocycles. The number of benzene rings is 1. The van der Waals surface area contributed by atoms with E-state index in [1.165, 1.54) is 19.3 Å². The summed E-state index contributed by atoms with van der Waals surface area (Å²) in [4.78, 5) is 27.3. The van der Waals surface area contributed by atoms with Gasteiger partial charge in [-0.25, -0.2) is 0 Å². The van der Waals surface area contributed by atoms with E-state index in [4.69, 9.17) is 5.73 Å². The third-order valence-electron chi connectivity index (χ3n) is 6.09. The molecule has 0 spiro atoms. The summed E-state index contributed by atoms with van der Waals surface area (Å²) < 4.78 is 0. The number of carbonyl (C=O) groups excluding carboxylic acids is 2. The Morgan fingerprint density at radius 3 is 2.35 bits per heavy atom. The maximum Gasteiger partial charge on any atom is 0.239 e. The van der Waals surface area contributed by atoms with Gasteiger partial charge in [0.05, 0.1) is 5.41 Å². The van der Waals surface area contributed by atoms with Crippen molar-refractivity contribution in [2.45, 2.75) is 50.4 Å². The van der Waals surface area contributed by atoms with Gasteiger partial charge in [0.1, 0.15) is 0 Å². The van der Waals surface area contributed by atoms with Gasteiger partial charge in [-0.1, -0.05) is 31.4 Å². The van der Waals surface area contributed by atoms with Crippen LogP contribution in [0.5, 0.6) is 0 Å². The van der Waals surface area contributed by atoms with E-state index in [9.17, 15) is 9.59 Å². The van der Waals surface area contributed by atoms with Crippen molar-refractivity contribution in [2.75, 3.05) is 12.3 Å². The average Bonchev–Trinajstić information content (AvgIpc) is 2.52. The number of fused-ring (bicyclic) bond motifs is 2. The highest BCUT2D eigenvalue weighted by Gasteiger charge is 2.61. The number of amides is 2. The van der Waals surface area contributed by atoms with Gasteiger partial charge in [0, 0.05) is 18.2 Å². The quantitative estimate of drug-likeness (QED) is 0.689. The van der Waals surface area contributed by atoms with Gasteiger partial charge in [-0.3, -0.25) is 14.5 Å². The number of rotatable bonds is 3. The number of hydrogen-bond acceptors (Lipinski definition) is 3. The van der Waals surface area contributed by atoms with Crippen LogP contribution in [-0.4, -0.2) is 23.3 Å². The second-order valence-electron chi connectivity index (χ2n) is 7.57. The maximum absolute atomic E-state index is 13.1. The van der Waals surface area contributed by atoms with E-state index < -0.39 is 5.41 Å². The van der Waals surface area contributed by atoms with Crippen molar-refractivity contribution >= 4 is 17.5 Å². The Balaban J connectivity index is 1.58. The molecule has 2 bridgehead atoms. The Morgan fingerprint density at radius 1 is 1.04 bits per heavy atom. The van der Waals surface area contributed by atoms with Crippen LogP contribution < -0.4 is 5.73 Å². The number of carbonyl (C=O) groups is 2. The van der Waals surface area contributed by atoms with Gasteiger partial charge >= 0.3 is 0 Å². The van der Waals surface area contributed by atoms with Crippen molar-refractivity contribution in [1.29, 1.82) is 0 Å². The molecule has 23 heavy (non-hydrogen) atoms. The molecule has 0 atom stereocenters. The molecule has 1 aromatic carbocycles. The normalized spacial score (nSPS) is 31.1. The molecule has 2 N–H and O–H groups in total. The number of imide groups is 1. The molecule has 1 aromatic rings. The lowest BCUT2D eigenvalue weighted by molar-refractivity contribution is -0.169. The fourth-order valence-corrected chi connectivity index (χ4v) is 4.67. The molecule has 5 rings (SSSR count). The summed E-state index contributed by atoms with van der Waals surface area (Å²) in [5.41, 5.74) is 7.03. The molecule has 4 heteroatoms. The first kappa shape index (κ1) is 14.7. The Bertz CT molecular complexity index is 625. The summed E-state index contributed by atoms with van der Waals surface area (Å²) in [5, 5.41) is 0. The molecule has 4 fully saturated rings. The first-order chi connectivity index (χ1) is 11.1. The Kier molecular flexibility index (Phi) is 3.43. The van der Waals surface area contributed by atoms with Gasteiger partial charge in [-0.2, -0.15) is 0 Å². The van der Waals surface area contributed by atoms with Crippen molar-refractivity contribution in [3.63, 3.8) is 0 Å². The number of nitrogens with two attached hydrogens (primary N) is 1. The molecule has 2 saturated carbocycles. The smallest absolute Gasteiger partial charge is 0.239 e. The molecule has 2 aliphatic heterocycles. The fraction of sp³-hybridized carbons (Fsp3) is 0.579. The van der Waals surface area contributed by atoms with Crippen molar-refractivity contribution in [2.24, 2.45) is 11.8 Å². The highest BCUT2D eigenvalue weighted by atomic mass is 16.2. The first-order valence-corrected chi connectivity index (χ1v) is 8.82. The van der Waals surface area contributed by atoms with Gasteiger partial charge in [0.15, 0.2) is 0 Å². The van der Waals surface area contributed by atoms with E-state index in [0.29, 0.717) is 31.0 Å². The predicted octanol–water partition coefficient (Wildman–Crippen LogP) is 2.87. The zero-order chi connectivity index (χ0) is 16.0. The molecule has 2 saturated heterocycles. The van der Waals surface area contributed by atoms with Crippen LogP contribution in [0, 0.1) is 11.8 Å². The Morgan fingerprint density at radius 2 is 1.70 bits per heavy atom. The molecule has 0 aromatic heterocycles. The van der Waals surface area contributed by atoms with Crippen LogP contribution in [0.4, 0.5) is 5.69 Å². The molecule has 2 aliphatic carbocycles. The summed E-state index contributed by atoms with van der Waals surface area (Å²) in [6.07, 6.45) is 7.40. The molecule has 0 unspecified atom stereocenters. The van der Waals surface area contributed by atoms with E-state index in [1.807, 2.05) is 24.3 Å². The van der Waals surface area contributed by atoms with Crippen molar-refractivity contribution < 1.29 is 9.59 Å². The topological polar surface area (TPSA) is 63.4 Å². The molecule has 2 amide bonds. The van der Waals surface area contributed by atoms with Gasteiger partial charge in [-0.05, 0) is 49.3 Å². The van der Waals surface area contributed by atoms with E-state index in [2.05, 4.69) is 0 Å². The van der Waals surface area contributed by atoms with Crippen LogP contribution >= 0.6 is 0 Å². The monoisotopic (exact) mass is 312 g/mol. The van der Waals surface area contributed by atoms with Crippen LogP contribution in [-0.2, 0) is 15.0 Å². The van der Waals surface area contributed by atoms with Gasteiger partial charge in [-0.15, -0.1) is 0 Å². The Hall–Kier alpha value is -1.84. The molecule has 0 radical (unpaired) electrons. The minimum absolute atomic E-state index is 0.0281. The molecule has 122 valence electrons. The van der Waals surface area contributed by atoms with Gasteiger partial charge < -0.3 is 5.73 Å². The zero-order valence-corrected chi connectivity index (χ0v) is 13.5. The van der Waals surface area contributed by atoms with E-state index in [0.717, 1.165) is 18.4 Å². The number of hydrogen-bond donors (Lipinski definition) is 1. The van der Waals surface area contributed by atoms with Crippen LogP contribution in [0.25, 0.3) is 0 Å². The summed E-state index contributed by atoms with van der Waals surface area (Å²) in [6.45, 7) is 0.630. The third-order valence-corrected chi connectivity index (χ3v) is 6.09. The summed E-state index contributed by atoms with van der Waals surface area (Å²) >= 11 is 0. The van der Waals surface area contributed by atoms with Crippen molar-refractivity contribution in [1.82, 2.24) is 4.90 Å². The minimum atomic E-state index is -0.471. The fourth-order valence-electron chi connectivity index (χ4n) is 4.67. The summed E-state index contributed by atoms with van der Waals surface area (Å²) in [7, 11) is 0. The highest BCUT2D eigenvalue weighted by Crippen LogP contribution is 2.53. The Labute approximate surface area is 137 Å². The van der Waals surface area contributed by atoms with Crippen LogP contribution in [0.1, 0.15) is 50.5 Å². The third kappa shape index (κ3) is 2.27. The molecule has 4 aliphatic rings. The van der Waals surface area contributed by atoms with Crippen molar-refractivity contribution in [3.8, 4) is 0 Å². The number of anilines is 1. The average molecular weight is 312 g/mol. The molecular formula is C19H24N2O2. The SMILES string of the molecule is Nc1ccc(C23CC(C2)C(=O)N(CC2CCCCC2)C3=O)cc1. The van der Waals surface area contributed by atoms with Gasteiger partial charge in [0.25, 0.3) is 0 Å². The lowest BCUT2D eigenvalue weighted by Crippen LogP contribution is -2.66. The number of piperidine rings is 2. The van der Waals surface area contributed by atoms with Crippen molar-refractivity contribution in [3.05, 3.63) is 29.8 Å². The first-order valence-electron chi connectivity index (χ1n) is 8.82.